The lowest BCUT2D eigenvalue weighted by Gasteiger charge is -2.35. The van der Waals surface area contributed by atoms with Crippen LogP contribution in [0.15, 0.2) is 18.5 Å². The van der Waals surface area contributed by atoms with Gasteiger partial charge in [-0.2, -0.15) is 4.98 Å². The Hall–Kier alpha value is -2.44. The van der Waals surface area contributed by atoms with E-state index in [-0.39, 0.29) is 0 Å². The first-order valence-corrected chi connectivity index (χ1v) is 7.34. The summed E-state index contributed by atoms with van der Waals surface area (Å²) < 4.78 is 5.13. The standard InChI is InChI=1S/C15H20N6O/c1-11-8-12(2)18-15(17-11)21-6-4-20(5-7-21)13-9-16-10-14(19-13)22-3/h8-10H,4-7H2,1-3H3. The fraction of sp³-hybridized carbons (Fsp3) is 0.467. The summed E-state index contributed by atoms with van der Waals surface area (Å²) in [6, 6.07) is 1.99. The number of anilines is 2. The van der Waals surface area contributed by atoms with E-state index in [1.165, 1.54) is 0 Å². The van der Waals surface area contributed by atoms with Crippen LogP contribution in [0.4, 0.5) is 11.8 Å². The molecule has 7 nitrogen and oxygen atoms in total. The molecule has 0 radical (unpaired) electrons. The van der Waals surface area contributed by atoms with Crippen LogP contribution in [0.25, 0.3) is 0 Å². The molecule has 1 saturated heterocycles. The average Bonchev–Trinajstić information content (AvgIpc) is 2.54. The monoisotopic (exact) mass is 300 g/mol. The number of piperazine rings is 1. The number of nitrogens with zero attached hydrogens (tertiary/aromatic N) is 6. The minimum atomic E-state index is 0.539. The number of aryl methyl sites for hydroxylation is 2. The van der Waals surface area contributed by atoms with Crippen LogP contribution < -0.4 is 14.5 Å². The van der Waals surface area contributed by atoms with Crippen LogP contribution in [-0.4, -0.2) is 53.2 Å². The molecule has 116 valence electrons. The first-order chi connectivity index (χ1) is 10.7. The molecule has 7 heteroatoms. The maximum atomic E-state index is 5.13. The zero-order valence-corrected chi connectivity index (χ0v) is 13.2. The van der Waals surface area contributed by atoms with Crippen molar-refractivity contribution in [2.45, 2.75) is 13.8 Å². The average molecular weight is 300 g/mol. The highest BCUT2D eigenvalue weighted by Crippen LogP contribution is 2.18. The van der Waals surface area contributed by atoms with E-state index in [1.54, 1.807) is 19.5 Å². The van der Waals surface area contributed by atoms with Crippen LogP contribution >= 0.6 is 0 Å². The molecule has 0 saturated carbocycles. The fourth-order valence-electron chi connectivity index (χ4n) is 2.57. The third kappa shape index (κ3) is 3.08. The number of ether oxygens (including phenoxy) is 1. The first-order valence-electron chi connectivity index (χ1n) is 7.34. The summed E-state index contributed by atoms with van der Waals surface area (Å²) in [7, 11) is 1.60. The van der Waals surface area contributed by atoms with Gasteiger partial charge in [0.1, 0.15) is 0 Å². The van der Waals surface area contributed by atoms with Gasteiger partial charge in [0.05, 0.1) is 19.5 Å². The summed E-state index contributed by atoms with van der Waals surface area (Å²) in [6.07, 6.45) is 3.38. The Kier molecular flexibility index (Phi) is 4.04. The van der Waals surface area contributed by atoms with E-state index in [0.717, 1.165) is 49.3 Å². The van der Waals surface area contributed by atoms with Crippen LogP contribution in [0.3, 0.4) is 0 Å². The van der Waals surface area contributed by atoms with Gasteiger partial charge in [0.2, 0.25) is 11.8 Å². The predicted octanol–water partition coefficient (Wildman–Crippen LogP) is 1.22. The van der Waals surface area contributed by atoms with E-state index in [0.29, 0.717) is 5.88 Å². The molecule has 1 fully saturated rings. The second kappa shape index (κ2) is 6.13. The third-order valence-electron chi connectivity index (χ3n) is 3.67. The number of rotatable bonds is 3. The first kappa shape index (κ1) is 14.5. The second-order valence-electron chi connectivity index (χ2n) is 5.34. The summed E-state index contributed by atoms with van der Waals surface area (Å²) in [6.45, 7) is 7.44. The van der Waals surface area contributed by atoms with Gasteiger partial charge >= 0.3 is 0 Å². The molecule has 2 aromatic heterocycles. The van der Waals surface area contributed by atoms with E-state index in [9.17, 15) is 0 Å². The number of hydrogen-bond donors (Lipinski definition) is 0. The van der Waals surface area contributed by atoms with Gasteiger partial charge in [-0.05, 0) is 19.9 Å². The maximum absolute atomic E-state index is 5.13. The lowest BCUT2D eigenvalue weighted by Crippen LogP contribution is -2.47. The third-order valence-corrected chi connectivity index (χ3v) is 3.67. The van der Waals surface area contributed by atoms with Crippen LogP contribution in [0, 0.1) is 13.8 Å². The van der Waals surface area contributed by atoms with Crippen molar-refractivity contribution in [2.24, 2.45) is 0 Å². The van der Waals surface area contributed by atoms with Crippen LogP contribution in [-0.2, 0) is 0 Å². The predicted molar refractivity (Wildman–Crippen MR) is 84.5 cm³/mol. The molecule has 0 unspecified atom stereocenters. The van der Waals surface area contributed by atoms with Crippen LogP contribution in [0.1, 0.15) is 11.4 Å². The summed E-state index contributed by atoms with van der Waals surface area (Å²) in [5, 5.41) is 0. The molecule has 3 heterocycles. The number of hydrogen-bond acceptors (Lipinski definition) is 7. The summed E-state index contributed by atoms with van der Waals surface area (Å²) in [5.74, 6) is 2.20. The maximum Gasteiger partial charge on any atom is 0.233 e. The van der Waals surface area contributed by atoms with Gasteiger partial charge in [0.15, 0.2) is 5.82 Å². The van der Waals surface area contributed by atoms with Crippen molar-refractivity contribution in [1.82, 2.24) is 19.9 Å². The molecule has 1 aliphatic heterocycles. The summed E-state index contributed by atoms with van der Waals surface area (Å²) >= 11 is 0. The molecule has 2 aromatic rings. The molecule has 0 bridgehead atoms. The van der Waals surface area contributed by atoms with Gasteiger partial charge < -0.3 is 14.5 Å². The summed E-state index contributed by atoms with van der Waals surface area (Å²) in [4.78, 5) is 22.1. The van der Waals surface area contributed by atoms with Crippen molar-refractivity contribution in [3.05, 3.63) is 29.8 Å². The second-order valence-corrected chi connectivity index (χ2v) is 5.34. The van der Waals surface area contributed by atoms with E-state index >= 15 is 0 Å². The molecule has 1 aliphatic rings. The molecule has 22 heavy (non-hydrogen) atoms. The van der Waals surface area contributed by atoms with Crippen molar-refractivity contribution in [3.63, 3.8) is 0 Å². The molecule has 0 aromatic carbocycles. The zero-order chi connectivity index (χ0) is 15.5. The van der Waals surface area contributed by atoms with E-state index in [1.807, 2.05) is 19.9 Å². The molecular formula is C15H20N6O. The van der Waals surface area contributed by atoms with Gasteiger partial charge in [0, 0.05) is 37.6 Å². The lowest BCUT2D eigenvalue weighted by atomic mass is 10.3. The van der Waals surface area contributed by atoms with Gasteiger partial charge in [-0.3, -0.25) is 4.98 Å². The van der Waals surface area contributed by atoms with Gasteiger partial charge in [0.25, 0.3) is 0 Å². The topological polar surface area (TPSA) is 67.3 Å². The molecule has 3 rings (SSSR count). The van der Waals surface area contributed by atoms with E-state index in [4.69, 9.17) is 4.74 Å². The van der Waals surface area contributed by atoms with Crippen molar-refractivity contribution in [3.8, 4) is 5.88 Å². The molecule has 0 spiro atoms. The molecular weight excluding hydrogens is 280 g/mol. The van der Waals surface area contributed by atoms with Crippen LogP contribution in [0.2, 0.25) is 0 Å². The Balaban J connectivity index is 1.69. The normalized spacial score (nSPS) is 15.0. The van der Waals surface area contributed by atoms with Crippen molar-refractivity contribution in [2.75, 3.05) is 43.1 Å². The Morgan fingerprint density at radius 2 is 1.55 bits per heavy atom. The van der Waals surface area contributed by atoms with Gasteiger partial charge in [-0.1, -0.05) is 0 Å². The minimum absolute atomic E-state index is 0.539. The molecule has 0 amide bonds. The highest BCUT2D eigenvalue weighted by Gasteiger charge is 2.20. The largest absolute Gasteiger partial charge is 0.480 e. The lowest BCUT2D eigenvalue weighted by molar-refractivity contribution is 0.395. The highest BCUT2D eigenvalue weighted by molar-refractivity contribution is 5.42. The molecule has 0 aliphatic carbocycles. The fourth-order valence-corrected chi connectivity index (χ4v) is 2.57. The Morgan fingerprint density at radius 3 is 2.18 bits per heavy atom. The number of aromatic nitrogens is 4. The minimum Gasteiger partial charge on any atom is -0.480 e. The smallest absolute Gasteiger partial charge is 0.233 e. The SMILES string of the molecule is COc1cncc(N2CCN(c3nc(C)cc(C)n3)CC2)n1. The Labute approximate surface area is 130 Å². The van der Waals surface area contributed by atoms with Gasteiger partial charge in [-0.15, -0.1) is 0 Å². The highest BCUT2D eigenvalue weighted by atomic mass is 16.5. The summed E-state index contributed by atoms with van der Waals surface area (Å²) in [5.41, 5.74) is 2.01. The quantitative estimate of drug-likeness (QED) is 0.844. The Bertz CT molecular complexity index is 634. The Morgan fingerprint density at radius 1 is 0.909 bits per heavy atom. The van der Waals surface area contributed by atoms with Crippen molar-refractivity contribution in [1.29, 1.82) is 0 Å². The molecule has 0 atom stereocenters. The molecule has 0 N–H and O–H groups in total. The van der Waals surface area contributed by atoms with E-state index in [2.05, 4.69) is 29.7 Å². The van der Waals surface area contributed by atoms with Gasteiger partial charge in [-0.25, -0.2) is 9.97 Å². The van der Waals surface area contributed by atoms with Crippen molar-refractivity contribution >= 4 is 11.8 Å². The number of methoxy groups -OCH3 is 1. The van der Waals surface area contributed by atoms with Crippen LogP contribution in [0.5, 0.6) is 5.88 Å². The van der Waals surface area contributed by atoms with E-state index < -0.39 is 0 Å². The zero-order valence-electron chi connectivity index (χ0n) is 13.2. The van der Waals surface area contributed by atoms with Crippen molar-refractivity contribution < 1.29 is 4.74 Å².